The van der Waals surface area contributed by atoms with Crippen LogP contribution in [0.1, 0.15) is 23.6 Å². The Kier molecular flexibility index (Phi) is 5.89. The summed E-state index contributed by atoms with van der Waals surface area (Å²) in [6.07, 6.45) is 2.23. The average Bonchev–Trinajstić information content (AvgIpc) is 2.70. The molecule has 28 heavy (non-hydrogen) atoms. The predicted octanol–water partition coefficient (Wildman–Crippen LogP) is 2.57. The molecule has 1 heterocycles. The molecule has 3 rings (SSSR count). The number of rotatable bonds is 6. The third-order valence-corrected chi connectivity index (χ3v) is 4.64. The Bertz CT molecular complexity index is 1100. The fraction of sp³-hybridized carbons (Fsp3) is 0.227. The predicted molar refractivity (Wildman–Crippen MR) is 110 cm³/mol. The summed E-state index contributed by atoms with van der Waals surface area (Å²) in [4.78, 5) is 37.5. The van der Waals surface area contributed by atoms with Crippen LogP contribution in [0.4, 0.5) is 5.69 Å². The van der Waals surface area contributed by atoms with Gasteiger partial charge in [-0.05, 0) is 30.0 Å². The van der Waals surface area contributed by atoms with E-state index in [0.717, 1.165) is 33.4 Å². The van der Waals surface area contributed by atoms with Crippen molar-refractivity contribution in [2.45, 2.75) is 33.4 Å². The molecule has 0 spiro atoms. The highest BCUT2D eigenvalue weighted by atomic mass is 16.2. The van der Waals surface area contributed by atoms with Crippen LogP contribution >= 0.6 is 0 Å². The lowest BCUT2D eigenvalue weighted by Gasteiger charge is -2.14. The number of hydrogen-bond donors (Lipinski definition) is 1. The van der Waals surface area contributed by atoms with E-state index in [1.165, 1.54) is 16.8 Å². The Hall–Kier alpha value is -3.41. The van der Waals surface area contributed by atoms with E-state index in [-0.39, 0.29) is 6.54 Å². The average molecular weight is 377 g/mol. The van der Waals surface area contributed by atoms with Crippen LogP contribution in [0.3, 0.4) is 0 Å². The van der Waals surface area contributed by atoms with E-state index in [1.807, 2.05) is 62.4 Å². The summed E-state index contributed by atoms with van der Waals surface area (Å²) in [7, 11) is 0. The highest BCUT2D eigenvalue weighted by Gasteiger charge is 2.13. The summed E-state index contributed by atoms with van der Waals surface area (Å²) in [6.45, 7) is 3.93. The zero-order valence-electron chi connectivity index (χ0n) is 16.0. The Labute approximate surface area is 163 Å². The van der Waals surface area contributed by atoms with E-state index in [1.54, 1.807) is 0 Å². The second-order valence-electron chi connectivity index (χ2n) is 6.65. The van der Waals surface area contributed by atoms with Crippen LogP contribution in [0, 0.1) is 6.92 Å². The molecule has 0 saturated heterocycles. The summed E-state index contributed by atoms with van der Waals surface area (Å²) in [6, 6.07) is 16.6. The number of carbonyl (C=O) groups excluding carboxylic acids is 1. The van der Waals surface area contributed by atoms with Crippen molar-refractivity contribution in [3.05, 3.63) is 98.3 Å². The maximum atomic E-state index is 12.7. The van der Waals surface area contributed by atoms with E-state index >= 15 is 0 Å². The van der Waals surface area contributed by atoms with Gasteiger partial charge < -0.3 is 5.32 Å². The second kappa shape index (κ2) is 8.52. The first-order chi connectivity index (χ1) is 13.5. The first kappa shape index (κ1) is 19.4. The number of hydrogen-bond acceptors (Lipinski definition) is 3. The van der Waals surface area contributed by atoms with E-state index in [2.05, 4.69) is 5.32 Å². The number of amides is 1. The van der Waals surface area contributed by atoms with Gasteiger partial charge in [-0.1, -0.05) is 55.5 Å². The molecule has 0 unspecified atom stereocenters. The van der Waals surface area contributed by atoms with Gasteiger partial charge in [-0.2, -0.15) is 0 Å². The molecule has 0 saturated carbocycles. The van der Waals surface area contributed by atoms with Crippen LogP contribution in [0.25, 0.3) is 0 Å². The quantitative estimate of drug-likeness (QED) is 0.718. The van der Waals surface area contributed by atoms with Gasteiger partial charge in [-0.15, -0.1) is 0 Å². The zero-order valence-corrected chi connectivity index (χ0v) is 16.0. The van der Waals surface area contributed by atoms with Crippen molar-refractivity contribution in [2.24, 2.45) is 0 Å². The maximum Gasteiger partial charge on any atom is 0.331 e. The molecule has 1 N–H and O–H groups in total. The molecule has 0 fully saturated rings. The zero-order chi connectivity index (χ0) is 20.1. The van der Waals surface area contributed by atoms with Crippen molar-refractivity contribution in [1.29, 1.82) is 0 Å². The van der Waals surface area contributed by atoms with Crippen molar-refractivity contribution >= 4 is 11.6 Å². The molecule has 0 aliphatic heterocycles. The summed E-state index contributed by atoms with van der Waals surface area (Å²) in [5.74, 6) is -0.402. The van der Waals surface area contributed by atoms with Gasteiger partial charge in [-0.25, -0.2) is 4.79 Å². The van der Waals surface area contributed by atoms with E-state index in [0.29, 0.717) is 6.54 Å². The molecule has 2 aromatic carbocycles. The molecule has 144 valence electrons. The topological polar surface area (TPSA) is 73.1 Å². The molecule has 0 aliphatic rings. The molecule has 0 bridgehead atoms. The first-order valence-corrected chi connectivity index (χ1v) is 9.22. The largest absolute Gasteiger partial charge is 0.331 e. The minimum Gasteiger partial charge on any atom is -0.324 e. The van der Waals surface area contributed by atoms with Gasteiger partial charge >= 0.3 is 5.69 Å². The number of anilines is 1. The third-order valence-electron chi connectivity index (χ3n) is 4.64. The Balaban J connectivity index is 1.84. The summed E-state index contributed by atoms with van der Waals surface area (Å²) >= 11 is 0. The number of aryl methyl sites for hydroxylation is 2. The fourth-order valence-corrected chi connectivity index (χ4v) is 3.13. The van der Waals surface area contributed by atoms with Crippen molar-refractivity contribution < 1.29 is 4.79 Å². The van der Waals surface area contributed by atoms with Gasteiger partial charge in [0.15, 0.2) is 0 Å². The van der Waals surface area contributed by atoms with Crippen molar-refractivity contribution in [2.75, 3.05) is 5.32 Å². The molecular formula is C22H23N3O3. The smallest absolute Gasteiger partial charge is 0.324 e. The number of carbonyl (C=O) groups is 1. The molecule has 6 nitrogen and oxygen atoms in total. The summed E-state index contributed by atoms with van der Waals surface area (Å²) in [5.41, 5.74) is 2.62. The molecular weight excluding hydrogens is 354 g/mol. The minimum atomic E-state index is -0.507. The third kappa shape index (κ3) is 4.28. The molecule has 1 amide bonds. The van der Waals surface area contributed by atoms with Crippen LogP contribution in [0.2, 0.25) is 0 Å². The van der Waals surface area contributed by atoms with Crippen molar-refractivity contribution in [3.63, 3.8) is 0 Å². The van der Waals surface area contributed by atoms with Crippen LogP contribution in [-0.4, -0.2) is 15.0 Å². The highest BCUT2D eigenvalue weighted by molar-refractivity contribution is 5.92. The highest BCUT2D eigenvalue weighted by Crippen LogP contribution is 2.20. The molecule has 0 radical (unpaired) electrons. The van der Waals surface area contributed by atoms with Crippen molar-refractivity contribution in [1.82, 2.24) is 9.13 Å². The number of para-hydroxylation sites is 1. The van der Waals surface area contributed by atoms with Gasteiger partial charge in [0.2, 0.25) is 5.91 Å². The van der Waals surface area contributed by atoms with Gasteiger partial charge in [-0.3, -0.25) is 18.7 Å². The van der Waals surface area contributed by atoms with Gasteiger partial charge in [0.05, 0.1) is 6.54 Å². The normalized spacial score (nSPS) is 10.6. The lowest BCUT2D eigenvalue weighted by molar-refractivity contribution is -0.116. The number of aromatic nitrogens is 2. The molecule has 3 aromatic rings. The maximum absolute atomic E-state index is 12.7. The van der Waals surface area contributed by atoms with Gasteiger partial charge in [0.25, 0.3) is 5.56 Å². The Morgan fingerprint density at radius 3 is 2.46 bits per heavy atom. The molecule has 0 atom stereocenters. The first-order valence-electron chi connectivity index (χ1n) is 9.22. The monoisotopic (exact) mass is 377 g/mol. The number of nitrogens with zero attached hydrogens (tertiary/aromatic N) is 2. The SMILES string of the molecule is CCc1cccc(C)c1NC(=O)Cn1c(=O)ccn(Cc2ccccc2)c1=O. The summed E-state index contributed by atoms with van der Waals surface area (Å²) < 4.78 is 2.39. The van der Waals surface area contributed by atoms with Crippen LogP contribution in [-0.2, 0) is 24.3 Å². The van der Waals surface area contributed by atoms with Gasteiger partial charge in [0, 0.05) is 18.0 Å². The van der Waals surface area contributed by atoms with Crippen LogP contribution < -0.4 is 16.6 Å². The Morgan fingerprint density at radius 2 is 1.75 bits per heavy atom. The Morgan fingerprint density at radius 1 is 1.00 bits per heavy atom. The summed E-state index contributed by atoms with van der Waals surface area (Å²) in [5, 5.41) is 2.86. The standard InChI is InChI=1S/C22H23N3O3/c1-3-18-11-7-8-16(2)21(18)23-19(26)15-25-20(27)12-13-24(22(25)28)14-17-9-5-4-6-10-17/h4-13H,3,14-15H2,1-2H3,(H,23,26). The molecule has 0 aliphatic carbocycles. The van der Waals surface area contributed by atoms with Crippen LogP contribution in [0.15, 0.2) is 70.4 Å². The van der Waals surface area contributed by atoms with E-state index in [4.69, 9.17) is 0 Å². The van der Waals surface area contributed by atoms with Crippen LogP contribution in [0.5, 0.6) is 0 Å². The second-order valence-corrected chi connectivity index (χ2v) is 6.65. The number of benzene rings is 2. The molecule has 6 heteroatoms. The minimum absolute atomic E-state index is 0.329. The number of nitrogens with one attached hydrogen (secondary N) is 1. The van der Waals surface area contributed by atoms with Crippen molar-refractivity contribution in [3.8, 4) is 0 Å². The van der Waals surface area contributed by atoms with E-state index < -0.39 is 17.2 Å². The lowest BCUT2D eigenvalue weighted by Crippen LogP contribution is -2.42. The lowest BCUT2D eigenvalue weighted by atomic mass is 10.1. The fourth-order valence-electron chi connectivity index (χ4n) is 3.13. The molecule has 1 aromatic heterocycles. The van der Waals surface area contributed by atoms with Gasteiger partial charge in [0.1, 0.15) is 6.54 Å². The van der Waals surface area contributed by atoms with E-state index in [9.17, 15) is 14.4 Å².